The summed E-state index contributed by atoms with van der Waals surface area (Å²) in [5.41, 5.74) is 0. The lowest BCUT2D eigenvalue weighted by molar-refractivity contribution is -0.135. The van der Waals surface area contributed by atoms with Crippen molar-refractivity contribution >= 4 is 33.6 Å². The maximum absolute atomic E-state index is 13.5. The summed E-state index contributed by atoms with van der Waals surface area (Å²) < 4.78 is 27.9. The number of thioether (sulfide) groups is 1. The van der Waals surface area contributed by atoms with E-state index in [1.807, 2.05) is 0 Å². The first kappa shape index (κ1) is 12.8. The number of amides is 1. The molecule has 17 heavy (non-hydrogen) atoms. The van der Waals surface area contributed by atoms with Crippen molar-refractivity contribution in [1.29, 1.82) is 0 Å². The zero-order chi connectivity index (χ0) is 12.5. The van der Waals surface area contributed by atoms with E-state index in [9.17, 15) is 13.6 Å². The first-order chi connectivity index (χ1) is 7.97. The molecular weight excluding hydrogens is 312 g/mol. The van der Waals surface area contributed by atoms with Gasteiger partial charge < -0.3 is 5.32 Å². The Labute approximate surface area is 110 Å². The number of benzene rings is 1. The molecule has 1 aliphatic carbocycles. The van der Waals surface area contributed by atoms with Crippen molar-refractivity contribution in [2.45, 2.75) is 29.0 Å². The van der Waals surface area contributed by atoms with Crippen LogP contribution in [-0.4, -0.2) is 17.2 Å². The van der Waals surface area contributed by atoms with E-state index in [2.05, 4.69) is 21.2 Å². The van der Waals surface area contributed by atoms with E-state index in [0.29, 0.717) is 4.90 Å². The van der Waals surface area contributed by atoms with E-state index in [-0.39, 0.29) is 17.8 Å². The molecule has 0 bridgehead atoms. The second-order valence-corrected chi connectivity index (χ2v) is 5.92. The zero-order valence-corrected chi connectivity index (χ0v) is 11.2. The van der Waals surface area contributed by atoms with Crippen LogP contribution < -0.4 is 5.32 Å². The molecule has 1 aromatic carbocycles. The summed E-state index contributed by atoms with van der Waals surface area (Å²) in [6.45, 7) is 0. The molecule has 0 unspecified atom stereocenters. The monoisotopic (exact) mass is 321 g/mol. The number of hydrogen-bond donors (Lipinski definition) is 1. The number of alkyl halides is 2. The Hall–Kier alpha value is -0.620. The summed E-state index contributed by atoms with van der Waals surface area (Å²) in [6, 6.07) is 6.37. The first-order valence-corrected chi connectivity index (χ1v) is 6.72. The molecule has 6 heteroatoms. The van der Waals surface area contributed by atoms with Crippen LogP contribution in [-0.2, 0) is 4.79 Å². The topological polar surface area (TPSA) is 29.1 Å². The van der Waals surface area contributed by atoms with Crippen molar-refractivity contribution < 1.29 is 13.6 Å². The summed E-state index contributed by atoms with van der Waals surface area (Å²) in [5.74, 6) is -1.20. The van der Waals surface area contributed by atoms with Gasteiger partial charge in [0.05, 0.1) is 0 Å². The van der Waals surface area contributed by atoms with Crippen LogP contribution >= 0.6 is 27.7 Å². The first-order valence-electron chi connectivity index (χ1n) is 5.11. The Morgan fingerprint density at radius 1 is 1.35 bits per heavy atom. The van der Waals surface area contributed by atoms with E-state index in [4.69, 9.17) is 0 Å². The van der Waals surface area contributed by atoms with Gasteiger partial charge in [0, 0.05) is 15.4 Å². The number of carbonyl (C=O) groups excluding carboxylic acids is 1. The molecule has 0 radical (unpaired) electrons. The summed E-state index contributed by atoms with van der Waals surface area (Å²) in [7, 11) is 0. The zero-order valence-electron chi connectivity index (χ0n) is 8.75. The second-order valence-electron chi connectivity index (χ2n) is 3.82. The van der Waals surface area contributed by atoms with Crippen molar-refractivity contribution in [2.75, 3.05) is 0 Å². The van der Waals surface area contributed by atoms with Gasteiger partial charge in [-0.25, -0.2) is 0 Å². The Morgan fingerprint density at radius 2 is 1.94 bits per heavy atom. The predicted octanol–water partition coefficient (Wildman–Crippen LogP) is 3.41. The summed E-state index contributed by atoms with van der Waals surface area (Å²) >= 11 is 3.49. The van der Waals surface area contributed by atoms with Gasteiger partial charge >= 0.3 is 11.2 Å². The molecule has 0 saturated heterocycles. The molecule has 1 N–H and O–H groups in total. The van der Waals surface area contributed by atoms with Crippen LogP contribution in [0.15, 0.2) is 33.6 Å². The van der Waals surface area contributed by atoms with Gasteiger partial charge in [-0.15, -0.1) is 0 Å². The van der Waals surface area contributed by atoms with Gasteiger partial charge in [0.25, 0.3) is 0 Å². The molecule has 2 rings (SSSR count). The molecule has 0 spiro atoms. The standard InChI is InChI=1S/C11H10BrF2NOS/c12-7-1-5-9(6-2-7)17-11(13,14)10(16)15-8-3-4-8/h1-2,5-6,8H,3-4H2,(H,15,16). The highest BCUT2D eigenvalue weighted by Crippen LogP contribution is 2.37. The summed E-state index contributed by atoms with van der Waals surface area (Å²) in [5, 5.41) is -1.11. The lowest BCUT2D eigenvalue weighted by Gasteiger charge is -2.15. The van der Waals surface area contributed by atoms with E-state index >= 15 is 0 Å². The lowest BCUT2D eigenvalue weighted by atomic mass is 10.4. The molecule has 0 aromatic heterocycles. The van der Waals surface area contributed by atoms with Crippen molar-refractivity contribution in [1.82, 2.24) is 5.32 Å². The minimum Gasteiger partial charge on any atom is -0.347 e. The van der Waals surface area contributed by atoms with Gasteiger partial charge in [-0.2, -0.15) is 8.78 Å². The van der Waals surface area contributed by atoms with Crippen molar-refractivity contribution in [3.05, 3.63) is 28.7 Å². The molecule has 1 amide bonds. The van der Waals surface area contributed by atoms with E-state index in [1.54, 1.807) is 24.3 Å². The van der Waals surface area contributed by atoms with Gasteiger partial charge in [-0.05, 0) is 48.9 Å². The van der Waals surface area contributed by atoms with E-state index in [1.165, 1.54) is 0 Å². The number of nitrogens with one attached hydrogen (secondary N) is 1. The molecule has 1 saturated carbocycles. The third-order valence-electron chi connectivity index (χ3n) is 2.24. The minimum atomic E-state index is -3.42. The van der Waals surface area contributed by atoms with Crippen LogP contribution in [0.4, 0.5) is 8.78 Å². The number of halogens is 3. The second kappa shape index (κ2) is 4.94. The normalized spacial score (nSPS) is 15.7. The fourth-order valence-electron chi connectivity index (χ4n) is 1.19. The average molecular weight is 322 g/mol. The molecule has 1 fully saturated rings. The molecule has 92 valence electrons. The van der Waals surface area contributed by atoms with Gasteiger partial charge in [0.1, 0.15) is 0 Å². The average Bonchev–Trinajstić information content (AvgIpc) is 3.05. The maximum Gasteiger partial charge on any atom is 0.374 e. The van der Waals surface area contributed by atoms with Crippen LogP contribution in [0.3, 0.4) is 0 Å². The van der Waals surface area contributed by atoms with Crippen molar-refractivity contribution in [2.24, 2.45) is 0 Å². The smallest absolute Gasteiger partial charge is 0.347 e. The molecule has 0 atom stereocenters. The molecule has 0 heterocycles. The highest BCUT2D eigenvalue weighted by Gasteiger charge is 2.42. The third kappa shape index (κ3) is 3.67. The molecule has 0 aliphatic heterocycles. The summed E-state index contributed by atoms with van der Waals surface area (Å²) in [4.78, 5) is 11.7. The van der Waals surface area contributed by atoms with Gasteiger partial charge in [-0.3, -0.25) is 4.79 Å². The lowest BCUT2D eigenvalue weighted by Crippen LogP contribution is -2.38. The number of hydrogen-bond acceptors (Lipinski definition) is 2. The van der Waals surface area contributed by atoms with Crippen molar-refractivity contribution in [3.8, 4) is 0 Å². The Balaban J connectivity index is 1.99. The molecular formula is C11H10BrF2NOS. The van der Waals surface area contributed by atoms with Crippen LogP contribution in [0.25, 0.3) is 0 Å². The largest absolute Gasteiger partial charge is 0.374 e. The van der Waals surface area contributed by atoms with E-state index in [0.717, 1.165) is 17.3 Å². The van der Waals surface area contributed by atoms with Crippen LogP contribution in [0.2, 0.25) is 0 Å². The van der Waals surface area contributed by atoms with Crippen molar-refractivity contribution in [3.63, 3.8) is 0 Å². The minimum absolute atomic E-state index is 0.0566. The Kier molecular flexibility index (Phi) is 3.73. The highest BCUT2D eigenvalue weighted by molar-refractivity contribution is 9.10. The van der Waals surface area contributed by atoms with Gasteiger partial charge in [0.2, 0.25) is 0 Å². The number of carbonyl (C=O) groups is 1. The number of rotatable bonds is 4. The Bertz CT molecular complexity index is 420. The van der Waals surface area contributed by atoms with Crippen LogP contribution in [0, 0.1) is 0 Å². The SMILES string of the molecule is O=C(NC1CC1)C(F)(F)Sc1ccc(Br)cc1. The van der Waals surface area contributed by atoms with Gasteiger partial charge in [0.15, 0.2) is 0 Å². The highest BCUT2D eigenvalue weighted by atomic mass is 79.9. The summed E-state index contributed by atoms with van der Waals surface area (Å²) in [6.07, 6.45) is 1.59. The Morgan fingerprint density at radius 3 is 2.47 bits per heavy atom. The molecule has 1 aliphatic rings. The third-order valence-corrected chi connectivity index (χ3v) is 3.71. The maximum atomic E-state index is 13.5. The van der Waals surface area contributed by atoms with Crippen LogP contribution in [0.5, 0.6) is 0 Å². The van der Waals surface area contributed by atoms with Gasteiger partial charge in [-0.1, -0.05) is 15.9 Å². The van der Waals surface area contributed by atoms with E-state index < -0.39 is 11.2 Å². The molecule has 2 nitrogen and oxygen atoms in total. The molecule has 1 aromatic rings. The predicted molar refractivity (Wildman–Crippen MR) is 66.1 cm³/mol. The quantitative estimate of drug-likeness (QED) is 0.861. The fraction of sp³-hybridized carbons (Fsp3) is 0.364. The van der Waals surface area contributed by atoms with Crippen LogP contribution in [0.1, 0.15) is 12.8 Å². The fourth-order valence-corrected chi connectivity index (χ4v) is 2.18.